The lowest BCUT2D eigenvalue weighted by molar-refractivity contribution is -0.156. The second-order valence-electron chi connectivity index (χ2n) is 10.7. The van der Waals surface area contributed by atoms with Gasteiger partial charge in [0.15, 0.2) is 0 Å². The lowest BCUT2D eigenvalue weighted by Gasteiger charge is -2.26. The minimum Gasteiger partial charge on any atom is -0.481 e. The van der Waals surface area contributed by atoms with E-state index in [0.29, 0.717) is 36.1 Å². The molecule has 13 nitrogen and oxygen atoms in total. The Balaban J connectivity index is 0.000000264. The fourth-order valence-electron chi connectivity index (χ4n) is 3.96. The van der Waals surface area contributed by atoms with E-state index in [0.717, 1.165) is 19.4 Å². The third-order valence-electron chi connectivity index (χ3n) is 5.84. The molecule has 2 aromatic heterocycles. The highest BCUT2D eigenvalue weighted by Crippen LogP contribution is 2.25. The molecule has 16 heteroatoms. The van der Waals surface area contributed by atoms with Crippen LogP contribution in [0.1, 0.15) is 47.5 Å². The monoisotopic (exact) mass is 616 g/mol. The van der Waals surface area contributed by atoms with Crippen LogP contribution in [0.3, 0.4) is 0 Å². The van der Waals surface area contributed by atoms with Crippen molar-refractivity contribution in [1.29, 1.82) is 0 Å². The number of likely N-dealkylation sites (tertiary alicyclic amines) is 1. The van der Waals surface area contributed by atoms with Gasteiger partial charge in [-0.15, -0.1) is 0 Å². The topological polar surface area (TPSA) is 147 Å². The molecule has 240 valence electrons. The van der Waals surface area contributed by atoms with Crippen LogP contribution in [-0.2, 0) is 9.53 Å². The van der Waals surface area contributed by atoms with E-state index in [4.69, 9.17) is 28.5 Å². The predicted molar refractivity (Wildman–Crippen MR) is 147 cm³/mol. The van der Waals surface area contributed by atoms with Gasteiger partial charge in [0, 0.05) is 31.5 Å². The van der Waals surface area contributed by atoms with Gasteiger partial charge in [0.05, 0.1) is 32.9 Å². The van der Waals surface area contributed by atoms with E-state index in [-0.39, 0.29) is 24.3 Å². The summed E-state index contributed by atoms with van der Waals surface area (Å²) < 4.78 is 58.2. The fourth-order valence-corrected chi connectivity index (χ4v) is 3.96. The average Bonchev–Trinajstić information content (AvgIpc) is 3.52. The summed E-state index contributed by atoms with van der Waals surface area (Å²) in [5.74, 6) is 1.98. The van der Waals surface area contributed by atoms with E-state index >= 15 is 0 Å². The maximum Gasteiger partial charge on any atom is 0.446 e. The minimum absolute atomic E-state index is 0.0589. The fraction of sp³-hybridized carbons (Fsp3) is 0.630. The van der Waals surface area contributed by atoms with E-state index < -0.39 is 18.1 Å². The standard InChI is InChI=1S/C15H23N3O4.C10H15N3O2.C2HF3O/c1-10-6-11(8-18(10)14(19)22-15(2,3)4)21-13-7-12(20-5)16-9-17-13;1-7-3-8(5-11-7)15-10-4-9(14-2)12-6-13-10;3-2(4,5)1-6/h7,9-11H,6,8H2,1-5H3;4,6-8,11H,3,5H2,1-2H3;1H/t10-,11+;7-,8+;/m00./s1. The number of ether oxygens (including phenoxy) is 5. The minimum atomic E-state index is -4.64. The molecule has 43 heavy (non-hydrogen) atoms. The molecule has 0 aromatic carbocycles. The molecule has 1 amide bonds. The summed E-state index contributed by atoms with van der Waals surface area (Å²) in [6.07, 6.45) is -1.38. The molecule has 4 atom stereocenters. The average molecular weight is 617 g/mol. The molecule has 2 aromatic rings. The molecule has 0 bridgehead atoms. The Morgan fingerprint density at radius 2 is 1.40 bits per heavy atom. The summed E-state index contributed by atoms with van der Waals surface area (Å²) in [5, 5.41) is 3.32. The molecule has 0 unspecified atom stereocenters. The van der Waals surface area contributed by atoms with Crippen LogP contribution in [0.15, 0.2) is 24.8 Å². The molecular formula is C27H39F3N6O7. The number of aromatic nitrogens is 4. The molecule has 1 N–H and O–H groups in total. The van der Waals surface area contributed by atoms with Gasteiger partial charge in [0.2, 0.25) is 29.8 Å². The van der Waals surface area contributed by atoms with E-state index in [1.165, 1.54) is 19.8 Å². The number of alkyl halides is 3. The number of nitrogens with zero attached hydrogens (tertiary/aromatic N) is 5. The first-order valence-corrected chi connectivity index (χ1v) is 13.4. The Morgan fingerprint density at radius 3 is 1.81 bits per heavy atom. The number of carbonyl (C=O) groups excluding carboxylic acids is 2. The van der Waals surface area contributed by atoms with E-state index in [2.05, 4.69) is 32.2 Å². The first kappa shape index (κ1) is 35.2. The van der Waals surface area contributed by atoms with Crippen molar-refractivity contribution in [1.82, 2.24) is 30.2 Å². The van der Waals surface area contributed by atoms with Crippen LogP contribution in [0.2, 0.25) is 0 Å². The van der Waals surface area contributed by atoms with Gasteiger partial charge in [-0.1, -0.05) is 0 Å². The van der Waals surface area contributed by atoms with Crippen LogP contribution in [0.4, 0.5) is 18.0 Å². The van der Waals surface area contributed by atoms with Crippen molar-refractivity contribution in [2.75, 3.05) is 27.3 Å². The van der Waals surface area contributed by atoms with Gasteiger partial charge in [-0.05, 0) is 34.6 Å². The van der Waals surface area contributed by atoms with Crippen molar-refractivity contribution in [3.8, 4) is 23.5 Å². The third kappa shape index (κ3) is 13.3. The number of rotatable bonds is 6. The quantitative estimate of drug-likeness (QED) is 0.473. The molecule has 0 radical (unpaired) electrons. The van der Waals surface area contributed by atoms with Gasteiger partial charge in [0.1, 0.15) is 30.5 Å². The maximum absolute atomic E-state index is 12.2. The summed E-state index contributed by atoms with van der Waals surface area (Å²) in [5.41, 5.74) is -0.504. The summed E-state index contributed by atoms with van der Waals surface area (Å²) in [4.78, 5) is 38.5. The van der Waals surface area contributed by atoms with Crippen molar-refractivity contribution in [2.24, 2.45) is 0 Å². The zero-order chi connectivity index (χ0) is 32.2. The van der Waals surface area contributed by atoms with Crippen LogP contribution in [0.25, 0.3) is 0 Å². The summed E-state index contributed by atoms with van der Waals surface area (Å²) in [6, 6.07) is 3.89. The number of nitrogens with one attached hydrogen (secondary N) is 1. The Hall–Kier alpha value is -3.95. The second-order valence-corrected chi connectivity index (χ2v) is 10.7. The predicted octanol–water partition coefficient (Wildman–Crippen LogP) is 3.62. The Kier molecular flexibility index (Phi) is 13.2. The first-order valence-electron chi connectivity index (χ1n) is 13.4. The Morgan fingerprint density at radius 1 is 0.907 bits per heavy atom. The van der Waals surface area contributed by atoms with Gasteiger partial charge in [-0.2, -0.15) is 13.2 Å². The SMILES string of the molecule is COc1cc(O[C@@H]2C[C@H](C)N(C(=O)OC(C)(C)C)C2)ncn1.COc1cc(O[C@H]2CN[C@@H](C)C2)ncn1.O=CC(F)(F)F. The van der Waals surface area contributed by atoms with E-state index in [1.54, 1.807) is 24.1 Å². The smallest absolute Gasteiger partial charge is 0.446 e. The summed E-state index contributed by atoms with van der Waals surface area (Å²) in [7, 11) is 3.11. The van der Waals surface area contributed by atoms with Crippen molar-refractivity contribution >= 4 is 12.4 Å². The molecular weight excluding hydrogens is 577 g/mol. The molecule has 0 saturated carbocycles. The molecule has 0 aliphatic carbocycles. The normalized spacial score (nSPS) is 21.4. The number of methoxy groups -OCH3 is 2. The number of hydrogen-bond acceptors (Lipinski definition) is 12. The molecule has 4 rings (SSSR count). The Labute approximate surface area is 248 Å². The molecule has 4 heterocycles. The van der Waals surface area contributed by atoms with Crippen LogP contribution < -0.4 is 24.3 Å². The molecule has 2 aliphatic rings. The highest BCUT2D eigenvalue weighted by atomic mass is 19.4. The second kappa shape index (κ2) is 16.0. The van der Waals surface area contributed by atoms with Crippen molar-refractivity contribution in [2.45, 2.75) is 83.5 Å². The van der Waals surface area contributed by atoms with Crippen molar-refractivity contribution < 1.29 is 46.4 Å². The van der Waals surface area contributed by atoms with Crippen molar-refractivity contribution in [3.05, 3.63) is 24.8 Å². The largest absolute Gasteiger partial charge is 0.481 e. The maximum atomic E-state index is 12.2. The number of hydrogen-bond donors (Lipinski definition) is 1. The van der Waals surface area contributed by atoms with E-state index in [9.17, 15) is 18.0 Å². The van der Waals surface area contributed by atoms with Gasteiger partial charge < -0.3 is 33.9 Å². The highest BCUT2D eigenvalue weighted by Gasteiger charge is 2.36. The third-order valence-corrected chi connectivity index (χ3v) is 5.84. The van der Waals surface area contributed by atoms with Crippen LogP contribution in [0.5, 0.6) is 23.5 Å². The summed E-state index contributed by atoms with van der Waals surface area (Å²) in [6.45, 7) is 11.0. The number of carbonyl (C=O) groups is 2. The number of aldehydes is 1. The highest BCUT2D eigenvalue weighted by molar-refractivity contribution is 5.69. The van der Waals surface area contributed by atoms with Gasteiger partial charge in [-0.25, -0.2) is 24.7 Å². The van der Waals surface area contributed by atoms with Crippen molar-refractivity contribution in [3.63, 3.8) is 0 Å². The van der Waals surface area contributed by atoms with Crippen LogP contribution in [0, 0.1) is 0 Å². The van der Waals surface area contributed by atoms with Gasteiger partial charge in [0.25, 0.3) is 0 Å². The zero-order valence-electron chi connectivity index (χ0n) is 25.3. The lowest BCUT2D eigenvalue weighted by atomic mass is 10.2. The molecule has 0 spiro atoms. The van der Waals surface area contributed by atoms with Gasteiger partial charge >= 0.3 is 12.3 Å². The number of halogens is 3. The molecule has 2 aliphatic heterocycles. The molecule has 2 saturated heterocycles. The summed E-state index contributed by atoms with van der Waals surface area (Å²) >= 11 is 0. The zero-order valence-corrected chi connectivity index (χ0v) is 25.3. The van der Waals surface area contributed by atoms with Crippen LogP contribution in [-0.4, -0.2) is 101 Å². The van der Waals surface area contributed by atoms with E-state index in [1.807, 2.05) is 27.7 Å². The van der Waals surface area contributed by atoms with Gasteiger partial charge in [-0.3, -0.25) is 4.79 Å². The number of amides is 1. The van der Waals surface area contributed by atoms with Crippen LogP contribution >= 0.6 is 0 Å². The first-order chi connectivity index (χ1) is 20.1. The lowest BCUT2D eigenvalue weighted by Crippen LogP contribution is -2.39. The Bertz CT molecular complexity index is 1170. The molecule has 2 fully saturated rings.